The van der Waals surface area contributed by atoms with E-state index in [1.165, 1.54) is 31.1 Å². The van der Waals surface area contributed by atoms with Crippen LogP contribution >= 0.6 is 24.1 Å². The molecule has 5 rings (SSSR count). The van der Waals surface area contributed by atoms with E-state index in [0.717, 1.165) is 55.0 Å². The third kappa shape index (κ3) is 10.2. The van der Waals surface area contributed by atoms with Gasteiger partial charge in [-0.1, -0.05) is 10.1 Å². The van der Waals surface area contributed by atoms with Crippen molar-refractivity contribution in [3.8, 4) is 11.6 Å². The van der Waals surface area contributed by atoms with E-state index in [4.69, 9.17) is 15.3 Å². The number of hydrazone groups is 1. The molecule has 0 saturated carbocycles. The molecule has 0 radical (unpaired) electrons. The summed E-state index contributed by atoms with van der Waals surface area (Å²) in [5, 5.41) is 46.7. The Labute approximate surface area is 341 Å². The third-order valence-corrected chi connectivity index (χ3v) is 10.8. The van der Waals surface area contributed by atoms with Crippen LogP contribution in [-0.2, 0) is 53.3 Å². The minimum absolute atomic E-state index is 0.0566. The smallest absolute Gasteiger partial charge is 0.296 e. The number of hydrogen-bond acceptors (Lipinski definition) is 20. The molecule has 2 aliphatic rings. The Hall–Kier alpha value is -5.50. The van der Waals surface area contributed by atoms with Crippen molar-refractivity contribution in [1.82, 2.24) is 20.0 Å². The van der Waals surface area contributed by atoms with Crippen LogP contribution in [0.15, 0.2) is 95.6 Å². The normalized spacial score (nSPS) is 16.0. The Morgan fingerprint density at radius 1 is 0.966 bits per heavy atom. The van der Waals surface area contributed by atoms with Crippen LogP contribution in [-0.4, -0.2) is 107 Å². The Kier molecular flexibility index (Phi) is 14.4. The molecule has 2 aliphatic heterocycles. The summed E-state index contributed by atoms with van der Waals surface area (Å²) in [7, 11) is -7.37. The maximum absolute atomic E-state index is 13.9. The van der Waals surface area contributed by atoms with Crippen LogP contribution in [0.4, 0.5) is 5.69 Å². The molecule has 0 spiro atoms. The number of anilines is 1. The molecule has 1 fully saturated rings. The van der Waals surface area contributed by atoms with Gasteiger partial charge in [0, 0.05) is 42.5 Å². The van der Waals surface area contributed by atoms with Crippen LogP contribution in [0.2, 0.25) is 0 Å². The van der Waals surface area contributed by atoms with Gasteiger partial charge >= 0.3 is 0 Å². The minimum atomic E-state index is -4.98. The van der Waals surface area contributed by atoms with Crippen molar-refractivity contribution in [3.63, 3.8) is 0 Å². The van der Waals surface area contributed by atoms with E-state index in [1.807, 2.05) is 0 Å². The Morgan fingerprint density at radius 2 is 1.58 bits per heavy atom. The number of rotatable bonds is 16. The molecule has 6 N–H and O–H groups in total. The van der Waals surface area contributed by atoms with Gasteiger partial charge in [0.05, 0.1) is 41.0 Å². The van der Waals surface area contributed by atoms with E-state index in [2.05, 4.69) is 39.3 Å². The summed E-state index contributed by atoms with van der Waals surface area (Å²) in [6, 6.07) is 6.32. The predicted molar refractivity (Wildman–Crippen MR) is 203 cm³/mol. The molecule has 28 heteroatoms. The number of allylic oxidation sites excluding steroid dienone is 3. The van der Waals surface area contributed by atoms with E-state index >= 15 is 0 Å². The number of hydrogen-bond donors (Lipinski definition) is 6. The highest BCUT2D eigenvalue weighted by molar-refractivity contribution is 7.94. The number of benzene rings is 2. The zero-order valence-corrected chi connectivity index (χ0v) is 33.2. The van der Waals surface area contributed by atoms with E-state index in [-0.39, 0.29) is 45.5 Å². The maximum atomic E-state index is 13.9. The summed E-state index contributed by atoms with van der Waals surface area (Å²) >= 11 is 0.815. The Morgan fingerprint density at radius 3 is 2.12 bits per heavy atom. The summed E-state index contributed by atoms with van der Waals surface area (Å²) in [5.41, 5.74) is -2.01. The van der Waals surface area contributed by atoms with Gasteiger partial charge in [0.15, 0.2) is 12.1 Å². The van der Waals surface area contributed by atoms with Crippen LogP contribution in [0.25, 0.3) is 11.8 Å². The quantitative estimate of drug-likeness (QED) is 0.0176. The number of carbonyl (C=O) groups is 3. The van der Waals surface area contributed by atoms with Crippen LogP contribution < -0.4 is 10.3 Å². The fourth-order valence-corrected chi connectivity index (χ4v) is 7.47. The molecular formula is C31H29N7O17S4. The molecule has 1 saturated heterocycles. The average molecular weight is 900 g/mol. The lowest BCUT2D eigenvalue weighted by molar-refractivity contribution is -0.432. The van der Waals surface area contributed by atoms with Crippen molar-refractivity contribution >= 4 is 86.1 Å². The van der Waals surface area contributed by atoms with Gasteiger partial charge in [-0.3, -0.25) is 28.5 Å². The van der Waals surface area contributed by atoms with Crippen LogP contribution in [0.5, 0.6) is 5.88 Å². The lowest BCUT2D eigenvalue weighted by Crippen LogP contribution is -2.24. The highest BCUT2D eigenvalue weighted by Gasteiger charge is 2.36. The molecule has 2 aromatic carbocycles. The first-order valence-corrected chi connectivity index (χ1v) is 20.4. The van der Waals surface area contributed by atoms with Crippen molar-refractivity contribution < 1.29 is 79.4 Å². The summed E-state index contributed by atoms with van der Waals surface area (Å²) in [4.78, 5) is 43.6. The highest BCUT2D eigenvalue weighted by Crippen LogP contribution is 2.36. The predicted octanol–water partition coefficient (Wildman–Crippen LogP) is 2.77. The van der Waals surface area contributed by atoms with Crippen LogP contribution in [0, 0.1) is 0 Å². The van der Waals surface area contributed by atoms with E-state index < -0.39 is 70.7 Å². The van der Waals surface area contributed by atoms with E-state index in [1.54, 1.807) is 0 Å². The van der Waals surface area contributed by atoms with E-state index in [0.29, 0.717) is 40.2 Å². The molecule has 3 aromatic rings. The first-order valence-electron chi connectivity index (χ1n) is 16.0. The SMILES string of the molecule is C/N=C/OC1=NN(c2cc(SOOO)ccc2S(=O)(=O)O)C(=O)/C1=C\C=C(C=Cc1c(C(=O)NC)nn(-c2cc(SOOO)ccc2S(=O)(=O)O)c1O)N1CCCC1=O. The summed E-state index contributed by atoms with van der Waals surface area (Å²) in [6.07, 6.45) is 6.30. The summed E-state index contributed by atoms with van der Waals surface area (Å²) in [5.74, 6) is -3.49. The first-order chi connectivity index (χ1) is 28.0. The molecule has 314 valence electrons. The van der Waals surface area contributed by atoms with Gasteiger partial charge in [0.25, 0.3) is 37.9 Å². The first kappa shape index (κ1) is 44.6. The van der Waals surface area contributed by atoms with Gasteiger partial charge in [-0.2, -0.15) is 31.6 Å². The van der Waals surface area contributed by atoms with Gasteiger partial charge < -0.3 is 20.1 Å². The van der Waals surface area contributed by atoms with Crippen molar-refractivity contribution in [2.45, 2.75) is 32.4 Å². The molecule has 0 unspecified atom stereocenters. The number of amides is 3. The third-order valence-electron chi connectivity index (χ3n) is 7.87. The monoisotopic (exact) mass is 899 g/mol. The number of likely N-dealkylation sites (tertiary alicyclic amines) is 1. The topological polar surface area (TPSA) is 328 Å². The molecule has 3 heterocycles. The standard InChI is InChI=1S/C31H29N7O17S4/c1-32-16-51-29-21(31(42)38(35-29)23-15-19(57-55-53-44)8-12-25(23)59(48,49)50)10-6-17(36-13-3-4-26(36)39)5-9-20-27(28(40)33-2)34-37(30(20)41)22-14-18(56-54-52-43)7-11-24(22)58(45,46)47/h5-12,14-16,41,43-44H,3-4,13H2,1-2H3,(H,33,40)(H,45,46,47)(H,48,49,50)/b9-5?,17-6?,21-10-,32-16+. The van der Waals surface area contributed by atoms with Crippen LogP contribution in [0.3, 0.4) is 0 Å². The van der Waals surface area contributed by atoms with Crippen LogP contribution in [0.1, 0.15) is 28.9 Å². The van der Waals surface area contributed by atoms with Gasteiger partial charge in [0.2, 0.25) is 11.8 Å². The number of aromatic hydroxyl groups is 1. The molecule has 1 aromatic heterocycles. The fourth-order valence-electron chi connectivity index (χ4n) is 5.39. The summed E-state index contributed by atoms with van der Waals surface area (Å²) < 4.78 is 83.9. The summed E-state index contributed by atoms with van der Waals surface area (Å²) in [6.45, 7) is 0.176. The number of ether oxygens (including phenoxy) is 1. The number of aliphatic imine (C=N–C) groups is 1. The van der Waals surface area contributed by atoms with Gasteiger partial charge in [-0.25, -0.2) is 10.5 Å². The van der Waals surface area contributed by atoms with Gasteiger partial charge in [0.1, 0.15) is 15.4 Å². The zero-order chi connectivity index (χ0) is 43.1. The second-order valence-corrected chi connectivity index (χ2v) is 15.7. The largest absolute Gasteiger partial charge is 0.493 e. The van der Waals surface area contributed by atoms with E-state index in [9.17, 15) is 45.4 Å². The van der Waals surface area contributed by atoms with Gasteiger partial charge in [-0.05, 0) is 67.1 Å². The molecule has 3 amide bonds. The lowest BCUT2D eigenvalue weighted by atomic mass is 10.1. The molecule has 24 nitrogen and oxygen atoms in total. The number of nitrogens with zero attached hydrogens (tertiary/aromatic N) is 6. The van der Waals surface area contributed by atoms with Gasteiger partial charge in [-0.15, -0.1) is 13.8 Å². The second kappa shape index (κ2) is 19.0. The Balaban J connectivity index is 1.65. The lowest BCUT2D eigenvalue weighted by Gasteiger charge is -2.17. The fraction of sp³-hybridized carbons (Fsp3) is 0.161. The number of nitrogens with one attached hydrogen (secondary N) is 1. The second-order valence-electron chi connectivity index (χ2n) is 11.4. The minimum Gasteiger partial charge on any atom is -0.493 e. The molecule has 0 bridgehead atoms. The molecule has 0 atom stereocenters. The number of aromatic nitrogens is 2. The van der Waals surface area contributed by atoms with Crippen molar-refractivity contribution in [1.29, 1.82) is 0 Å². The molecule has 59 heavy (non-hydrogen) atoms. The average Bonchev–Trinajstić information content (AvgIpc) is 3.87. The molecule has 0 aliphatic carbocycles. The number of carbonyl (C=O) groups excluding carboxylic acids is 3. The zero-order valence-electron chi connectivity index (χ0n) is 29.9. The highest BCUT2D eigenvalue weighted by atomic mass is 32.2. The van der Waals surface area contributed by atoms with Crippen molar-refractivity contribution in [2.75, 3.05) is 25.6 Å². The molecular weight excluding hydrogens is 871 g/mol. The Bertz CT molecular complexity index is 2540. The van der Waals surface area contributed by atoms with Crippen molar-refractivity contribution in [3.05, 3.63) is 77.2 Å². The maximum Gasteiger partial charge on any atom is 0.296 e. The van der Waals surface area contributed by atoms with Crippen molar-refractivity contribution in [2.24, 2.45) is 10.1 Å².